The van der Waals surface area contributed by atoms with Crippen molar-refractivity contribution >= 4 is 62.6 Å². The number of benzene rings is 2. The molecule has 0 spiro atoms. The zero-order valence-electron chi connectivity index (χ0n) is 21.0. The van der Waals surface area contributed by atoms with Gasteiger partial charge in [-0.3, -0.25) is 9.78 Å². The Labute approximate surface area is 235 Å². The van der Waals surface area contributed by atoms with Crippen LogP contribution in [0.4, 0.5) is 5.82 Å². The molecule has 0 aliphatic heterocycles. The van der Waals surface area contributed by atoms with E-state index >= 15 is 0 Å². The molecule has 3 heterocycles. The quantitative estimate of drug-likeness (QED) is 0.125. The molecule has 5 aromatic rings. The third kappa shape index (κ3) is 6.18. The van der Waals surface area contributed by atoms with Crippen molar-refractivity contribution in [2.24, 2.45) is 0 Å². The fourth-order valence-electron chi connectivity index (χ4n) is 4.66. The number of nitrogens with zero attached hydrogens (tertiary/aromatic N) is 1. The molecule has 196 valence electrons. The molecule has 0 aliphatic carbocycles. The number of thioether (sulfide) groups is 1. The van der Waals surface area contributed by atoms with Gasteiger partial charge in [-0.2, -0.15) is 0 Å². The maximum atomic E-state index is 12.5. The second kappa shape index (κ2) is 12.3. The number of rotatable bonds is 11. The monoisotopic (exact) mass is 565 g/mol. The predicted molar refractivity (Wildman–Crippen MR) is 161 cm³/mol. The van der Waals surface area contributed by atoms with Crippen LogP contribution in [0, 0.1) is 0 Å². The lowest BCUT2D eigenvalue weighted by atomic mass is 10.1. The summed E-state index contributed by atoms with van der Waals surface area (Å²) in [4.78, 5) is 24.7. The minimum Gasteiger partial charge on any atom is -0.370 e. The highest BCUT2D eigenvalue weighted by Gasteiger charge is 2.17. The van der Waals surface area contributed by atoms with Crippen LogP contribution in [0.15, 0.2) is 76.7 Å². The predicted octanol–water partition coefficient (Wildman–Crippen LogP) is 7.37. The molecular formula is C29H29Cl2N5OS. The second-order valence-electron chi connectivity index (χ2n) is 9.20. The van der Waals surface area contributed by atoms with Gasteiger partial charge in [0, 0.05) is 75.2 Å². The topological polar surface area (TPSA) is 85.6 Å². The van der Waals surface area contributed by atoms with Crippen LogP contribution < -0.4 is 16.1 Å². The third-order valence-electron chi connectivity index (χ3n) is 6.52. The molecule has 38 heavy (non-hydrogen) atoms. The summed E-state index contributed by atoms with van der Waals surface area (Å²) in [7, 11) is 0. The molecule has 0 saturated heterocycles. The van der Waals surface area contributed by atoms with Crippen LogP contribution in [0.25, 0.3) is 21.8 Å². The van der Waals surface area contributed by atoms with Gasteiger partial charge in [0.25, 0.3) is 0 Å². The van der Waals surface area contributed by atoms with Gasteiger partial charge in [0.15, 0.2) is 5.43 Å². The van der Waals surface area contributed by atoms with Crippen LogP contribution in [0.3, 0.4) is 0 Å². The Hall–Kier alpha value is -2.97. The Morgan fingerprint density at radius 3 is 2.66 bits per heavy atom. The molecule has 1 atom stereocenters. The molecule has 9 heteroatoms. The van der Waals surface area contributed by atoms with Crippen molar-refractivity contribution in [2.75, 3.05) is 11.9 Å². The SMILES string of the molecule is CCCC(CNc1cc(=O)c2ccccc2[nH]1)NCc1[nH]c2cc(Cl)cc(Cl)c2c1CSc1ccncc1. The number of aromatic nitrogens is 3. The summed E-state index contributed by atoms with van der Waals surface area (Å²) >= 11 is 14.7. The number of pyridine rings is 2. The van der Waals surface area contributed by atoms with E-state index in [1.807, 2.05) is 42.5 Å². The fraction of sp³-hybridized carbons (Fsp3) is 0.241. The molecule has 3 aromatic heterocycles. The molecular weight excluding hydrogens is 537 g/mol. The highest BCUT2D eigenvalue weighted by atomic mass is 35.5. The minimum absolute atomic E-state index is 0.00630. The first kappa shape index (κ1) is 26.6. The first-order valence-electron chi connectivity index (χ1n) is 12.6. The van der Waals surface area contributed by atoms with E-state index in [1.54, 1.807) is 36.3 Å². The van der Waals surface area contributed by atoms with E-state index in [0.29, 0.717) is 28.5 Å². The number of H-pyrrole nitrogens is 2. The number of nitrogens with one attached hydrogen (secondary N) is 4. The van der Waals surface area contributed by atoms with Crippen molar-refractivity contribution in [1.82, 2.24) is 20.3 Å². The lowest BCUT2D eigenvalue weighted by Crippen LogP contribution is -2.35. The minimum atomic E-state index is 0.00630. The van der Waals surface area contributed by atoms with E-state index in [1.165, 1.54) is 0 Å². The lowest BCUT2D eigenvalue weighted by Gasteiger charge is -2.20. The van der Waals surface area contributed by atoms with Crippen molar-refractivity contribution in [1.29, 1.82) is 0 Å². The highest BCUT2D eigenvalue weighted by Crippen LogP contribution is 2.36. The molecule has 0 bridgehead atoms. The standard InChI is InChI=1S/C29H29Cl2N5OS/c1-2-5-19(15-34-28-14-27(37)21-6-3-4-7-24(21)36-28)33-16-26-22(17-38-20-8-10-32-11-9-20)29-23(31)12-18(30)13-25(29)35-26/h3-4,6-14,19,33,35H,2,5,15-17H2,1H3,(H2,34,36,37). The van der Waals surface area contributed by atoms with Crippen molar-refractivity contribution in [3.05, 3.63) is 98.5 Å². The van der Waals surface area contributed by atoms with Crippen molar-refractivity contribution in [3.8, 4) is 0 Å². The second-order valence-corrected chi connectivity index (χ2v) is 11.1. The summed E-state index contributed by atoms with van der Waals surface area (Å²) in [5.74, 6) is 1.48. The van der Waals surface area contributed by atoms with Crippen LogP contribution in [0.5, 0.6) is 0 Å². The Bertz CT molecular complexity index is 1600. The van der Waals surface area contributed by atoms with Gasteiger partial charge in [0.2, 0.25) is 0 Å². The summed E-state index contributed by atoms with van der Waals surface area (Å²) in [6, 6.07) is 17.1. The highest BCUT2D eigenvalue weighted by molar-refractivity contribution is 7.98. The van der Waals surface area contributed by atoms with Crippen LogP contribution in [-0.4, -0.2) is 27.5 Å². The summed E-state index contributed by atoms with van der Waals surface area (Å²) in [6.07, 6.45) is 5.63. The first-order valence-corrected chi connectivity index (χ1v) is 14.4. The molecule has 6 nitrogen and oxygen atoms in total. The summed E-state index contributed by atoms with van der Waals surface area (Å²) in [5.41, 5.74) is 4.02. The van der Waals surface area contributed by atoms with Crippen molar-refractivity contribution in [3.63, 3.8) is 0 Å². The van der Waals surface area contributed by atoms with Gasteiger partial charge in [-0.25, -0.2) is 0 Å². The van der Waals surface area contributed by atoms with Crippen LogP contribution >= 0.6 is 35.0 Å². The molecule has 0 radical (unpaired) electrons. The number of hydrogen-bond donors (Lipinski definition) is 4. The Morgan fingerprint density at radius 2 is 1.84 bits per heavy atom. The van der Waals surface area contributed by atoms with Gasteiger partial charge >= 0.3 is 0 Å². The van der Waals surface area contributed by atoms with E-state index < -0.39 is 0 Å². The smallest absolute Gasteiger partial charge is 0.191 e. The number of aromatic amines is 2. The zero-order chi connectivity index (χ0) is 26.5. The Morgan fingerprint density at radius 1 is 1.03 bits per heavy atom. The van der Waals surface area contributed by atoms with Crippen molar-refractivity contribution in [2.45, 2.75) is 43.0 Å². The van der Waals surface area contributed by atoms with Crippen LogP contribution in [0.2, 0.25) is 10.0 Å². The van der Waals surface area contributed by atoms with E-state index in [4.69, 9.17) is 23.2 Å². The number of para-hydroxylation sites is 1. The van der Waals surface area contributed by atoms with E-state index in [-0.39, 0.29) is 11.5 Å². The Balaban J connectivity index is 1.34. The largest absolute Gasteiger partial charge is 0.370 e. The summed E-state index contributed by atoms with van der Waals surface area (Å²) in [6.45, 7) is 3.50. The zero-order valence-corrected chi connectivity index (χ0v) is 23.3. The maximum absolute atomic E-state index is 12.5. The molecule has 2 aromatic carbocycles. The third-order valence-corrected chi connectivity index (χ3v) is 8.08. The maximum Gasteiger partial charge on any atom is 0.191 e. The molecule has 0 fully saturated rings. The molecule has 1 unspecified atom stereocenters. The van der Waals surface area contributed by atoms with Gasteiger partial charge in [-0.05, 0) is 48.4 Å². The first-order chi connectivity index (χ1) is 18.5. The van der Waals surface area contributed by atoms with Gasteiger partial charge in [-0.15, -0.1) is 11.8 Å². The number of hydrogen-bond acceptors (Lipinski definition) is 5. The van der Waals surface area contributed by atoms with Crippen LogP contribution in [-0.2, 0) is 12.3 Å². The molecule has 5 rings (SSSR count). The molecule has 0 aliphatic rings. The average Bonchev–Trinajstić information content (AvgIpc) is 3.27. The van der Waals surface area contributed by atoms with Crippen LogP contribution in [0.1, 0.15) is 31.0 Å². The average molecular weight is 567 g/mol. The normalized spacial score (nSPS) is 12.3. The lowest BCUT2D eigenvalue weighted by molar-refractivity contribution is 0.488. The van der Waals surface area contributed by atoms with Crippen molar-refractivity contribution < 1.29 is 0 Å². The number of anilines is 1. The van der Waals surface area contributed by atoms with E-state index in [0.717, 1.165) is 57.0 Å². The molecule has 0 amide bonds. The molecule has 0 saturated carbocycles. The van der Waals surface area contributed by atoms with Gasteiger partial charge in [-0.1, -0.05) is 48.7 Å². The van der Waals surface area contributed by atoms with Gasteiger partial charge in [0.05, 0.1) is 10.5 Å². The van der Waals surface area contributed by atoms with E-state index in [9.17, 15) is 4.79 Å². The van der Waals surface area contributed by atoms with Gasteiger partial charge < -0.3 is 20.6 Å². The number of fused-ring (bicyclic) bond motifs is 2. The number of halogens is 2. The summed E-state index contributed by atoms with van der Waals surface area (Å²) < 4.78 is 0. The summed E-state index contributed by atoms with van der Waals surface area (Å²) in [5, 5.41) is 10.1. The fourth-order valence-corrected chi connectivity index (χ4v) is 6.22. The molecule has 4 N–H and O–H groups in total. The Kier molecular flexibility index (Phi) is 8.59. The van der Waals surface area contributed by atoms with Gasteiger partial charge in [0.1, 0.15) is 5.82 Å². The van der Waals surface area contributed by atoms with E-state index in [2.05, 4.69) is 32.5 Å².